The first-order valence-corrected chi connectivity index (χ1v) is 10.9. The van der Waals surface area contributed by atoms with Gasteiger partial charge in [-0.05, 0) is 48.8 Å². The van der Waals surface area contributed by atoms with Crippen molar-refractivity contribution in [3.05, 3.63) is 57.8 Å². The van der Waals surface area contributed by atoms with Gasteiger partial charge in [0, 0.05) is 31.6 Å². The lowest BCUT2D eigenvalue weighted by Crippen LogP contribution is -2.40. The van der Waals surface area contributed by atoms with Gasteiger partial charge in [-0.3, -0.25) is 19.5 Å². The molecule has 0 radical (unpaired) electrons. The van der Waals surface area contributed by atoms with E-state index in [-0.39, 0.29) is 35.8 Å². The molecule has 0 saturated heterocycles. The number of carbonyl (C=O) groups is 2. The maximum absolute atomic E-state index is 12.3. The molecule has 1 aromatic carbocycles. The highest BCUT2D eigenvalue weighted by Gasteiger charge is 2.34. The number of imide groups is 1. The van der Waals surface area contributed by atoms with Crippen LogP contribution in [-0.2, 0) is 6.42 Å². The van der Waals surface area contributed by atoms with Crippen molar-refractivity contribution in [2.75, 3.05) is 26.7 Å². The van der Waals surface area contributed by atoms with Crippen LogP contribution in [0.3, 0.4) is 0 Å². The zero-order valence-electron chi connectivity index (χ0n) is 17.4. The Hall–Kier alpha value is -1.94. The van der Waals surface area contributed by atoms with Gasteiger partial charge in [-0.15, -0.1) is 35.3 Å². The van der Waals surface area contributed by atoms with Crippen molar-refractivity contribution in [1.29, 1.82) is 0 Å². The summed E-state index contributed by atoms with van der Waals surface area (Å²) < 4.78 is 0. The van der Waals surface area contributed by atoms with Gasteiger partial charge in [0.2, 0.25) is 0 Å². The van der Waals surface area contributed by atoms with Crippen LogP contribution in [0.1, 0.15) is 45.4 Å². The van der Waals surface area contributed by atoms with Crippen molar-refractivity contribution in [2.45, 2.75) is 26.2 Å². The molecule has 1 atom stereocenters. The van der Waals surface area contributed by atoms with Crippen LogP contribution in [0.25, 0.3) is 0 Å². The third kappa shape index (κ3) is 6.28. The molecule has 6 nitrogen and oxygen atoms in total. The Morgan fingerprint density at radius 3 is 2.37 bits per heavy atom. The van der Waals surface area contributed by atoms with Crippen molar-refractivity contribution in [1.82, 2.24) is 15.5 Å². The Bertz CT molecular complexity index is 835. The Balaban J connectivity index is 0.00000320. The summed E-state index contributed by atoms with van der Waals surface area (Å²) in [7, 11) is 1.76. The van der Waals surface area contributed by atoms with Gasteiger partial charge >= 0.3 is 0 Å². The van der Waals surface area contributed by atoms with Crippen molar-refractivity contribution in [3.63, 3.8) is 0 Å². The summed E-state index contributed by atoms with van der Waals surface area (Å²) in [5, 5.41) is 8.78. The third-order valence-corrected chi connectivity index (χ3v) is 5.85. The zero-order chi connectivity index (χ0) is 20.6. The van der Waals surface area contributed by atoms with Crippen LogP contribution in [-0.4, -0.2) is 49.4 Å². The zero-order valence-corrected chi connectivity index (χ0v) is 20.5. The van der Waals surface area contributed by atoms with E-state index in [1.54, 1.807) is 42.6 Å². The number of fused-ring (bicyclic) bond motifs is 1. The third-order valence-electron chi connectivity index (χ3n) is 4.95. The number of hydrogen-bond donors (Lipinski definition) is 2. The van der Waals surface area contributed by atoms with Crippen LogP contribution in [0.5, 0.6) is 0 Å². The molecule has 1 unspecified atom stereocenters. The number of guanidine groups is 1. The van der Waals surface area contributed by atoms with Crippen LogP contribution < -0.4 is 10.6 Å². The van der Waals surface area contributed by atoms with E-state index in [0.29, 0.717) is 23.6 Å². The summed E-state index contributed by atoms with van der Waals surface area (Å²) in [6.45, 7) is 4.26. The monoisotopic (exact) mass is 540 g/mol. The fourth-order valence-corrected chi connectivity index (χ4v) is 4.25. The number of carbonyl (C=O) groups excluding carboxylic acids is 2. The Morgan fingerprint density at radius 1 is 1.07 bits per heavy atom. The second kappa shape index (κ2) is 12.0. The number of halogens is 1. The molecule has 0 fully saturated rings. The molecule has 1 aliphatic rings. The first kappa shape index (κ1) is 24.3. The minimum atomic E-state index is -0.184. The molecule has 2 N–H and O–H groups in total. The number of rotatable bonds is 9. The fourth-order valence-electron chi connectivity index (χ4n) is 3.38. The number of thiophene rings is 1. The van der Waals surface area contributed by atoms with E-state index in [0.717, 1.165) is 38.3 Å². The average molecular weight is 540 g/mol. The predicted octanol–water partition coefficient (Wildman–Crippen LogP) is 3.79. The van der Waals surface area contributed by atoms with Gasteiger partial charge in [-0.25, -0.2) is 0 Å². The normalized spacial score (nSPS) is 14.3. The number of benzene rings is 1. The van der Waals surface area contributed by atoms with Gasteiger partial charge in [0.05, 0.1) is 11.1 Å². The van der Waals surface area contributed by atoms with Gasteiger partial charge < -0.3 is 10.6 Å². The SMILES string of the molecule is CN=C(NCCCCN1C(=O)c2ccccc2C1=O)NCC(C)Cc1cccs1.I. The molecule has 0 saturated carbocycles. The highest BCUT2D eigenvalue weighted by molar-refractivity contribution is 14.0. The van der Waals surface area contributed by atoms with E-state index in [4.69, 9.17) is 0 Å². The lowest BCUT2D eigenvalue weighted by molar-refractivity contribution is 0.0652. The van der Waals surface area contributed by atoms with E-state index in [1.807, 2.05) is 0 Å². The van der Waals surface area contributed by atoms with E-state index < -0.39 is 0 Å². The van der Waals surface area contributed by atoms with E-state index >= 15 is 0 Å². The Labute approximate surface area is 199 Å². The second-order valence-corrected chi connectivity index (χ2v) is 8.32. The summed E-state index contributed by atoms with van der Waals surface area (Å²) in [6.07, 6.45) is 2.66. The molecule has 2 amide bonds. The first-order valence-electron chi connectivity index (χ1n) is 10.0. The maximum atomic E-state index is 12.3. The molecule has 8 heteroatoms. The summed E-state index contributed by atoms with van der Waals surface area (Å²) in [5.74, 6) is 0.927. The molecule has 2 aromatic rings. The predicted molar refractivity (Wildman–Crippen MR) is 133 cm³/mol. The summed E-state index contributed by atoms with van der Waals surface area (Å²) >= 11 is 1.79. The lowest BCUT2D eigenvalue weighted by Gasteiger charge is -2.16. The van der Waals surface area contributed by atoms with Gasteiger partial charge in [-0.1, -0.05) is 25.1 Å². The topological polar surface area (TPSA) is 73.8 Å². The standard InChI is InChI=1S/C22H28N4O2S.HI/c1-16(14-17-8-7-13-29-17)15-25-22(23-2)24-11-5-6-12-26-20(27)18-9-3-4-10-19(18)21(26)28;/h3-4,7-10,13,16H,5-6,11-12,14-15H2,1-2H3,(H2,23,24,25);1H. The van der Waals surface area contributed by atoms with Gasteiger partial charge in [0.15, 0.2) is 5.96 Å². The molecule has 2 heterocycles. The highest BCUT2D eigenvalue weighted by atomic mass is 127. The lowest BCUT2D eigenvalue weighted by atomic mass is 10.1. The Morgan fingerprint density at radius 2 is 1.77 bits per heavy atom. The van der Waals surface area contributed by atoms with Crippen LogP contribution in [0.4, 0.5) is 0 Å². The molecule has 1 aromatic heterocycles. The van der Waals surface area contributed by atoms with Crippen molar-refractivity contribution < 1.29 is 9.59 Å². The molecule has 0 bridgehead atoms. The van der Waals surface area contributed by atoms with Crippen LogP contribution >= 0.6 is 35.3 Å². The quantitative estimate of drug-likeness (QED) is 0.167. The molecule has 0 spiro atoms. The number of nitrogens with zero attached hydrogens (tertiary/aromatic N) is 2. The van der Waals surface area contributed by atoms with Crippen molar-refractivity contribution >= 4 is 53.1 Å². The minimum Gasteiger partial charge on any atom is -0.356 e. The minimum absolute atomic E-state index is 0. The number of unbranched alkanes of at least 4 members (excludes halogenated alkanes) is 1. The molecule has 1 aliphatic heterocycles. The summed E-state index contributed by atoms with van der Waals surface area (Å²) in [5.41, 5.74) is 1.02. The van der Waals surface area contributed by atoms with Gasteiger partial charge in [0.1, 0.15) is 0 Å². The van der Waals surface area contributed by atoms with E-state index in [9.17, 15) is 9.59 Å². The van der Waals surface area contributed by atoms with Gasteiger partial charge in [0.25, 0.3) is 11.8 Å². The Kier molecular flexibility index (Phi) is 9.77. The van der Waals surface area contributed by atoms with E-state index in [1.165, 1.54) is 9.78 Å². The van der Waals surface area contributed by atoms with Crippen LogP contribution in [0.2, 0.25) is 0 Å². The van der Waals surface area contributed by atoms with Crippen molar-refractivity contribution in [2.24, 2.45) is 10.9 Å². The van der Waals surface area contributed by atoms with Crippen LogP contribution in [0, 0.1) is 5.92 Å². The van der Waals surface area contributed by atoms with Crippen molar-refractivity contribution in [3.8, 4) is 0 Å². The molecule has 162 valence electrons. The first-order chi connectivity index (χ1) is 14.1. The molecule has 3 rings (SSSR count). The second-order valence-electron chi connectivity index (χ2n) is 7.28. The number of nitrogens with one attached hydrogen (secondary N) is 2. The average Bonchev–Trinajstić information content (AvgIpc) is 3.32. The molecular formula is C22H29IN4O2S. The van der Waals surface area contributed by atoms with Gasteiger partial charge in [-0.2, -0.15) is 0 Å². The van der Waals surface area contributed by atoms with E-state index in [2.05, 4.69) is 40.1 Å². The summed E-state index contributed by atoms with van der Waals surface area (Å²) in [6, 6.07) is 11.3. The number of amides is 2. The fraction of sp³-hybridized carbons (Fsp3) is 0.409. The number of aliphatic imine (C=N–C) groups is 1. The van der Waals surface area contributed by atoms with Crippen LogP contribution in [0.15, 0.2) is 46.8 Å². The molecule has 30 heavy (non-hydrogen) atoms. The number of hydrogen-bond acceptors (Lipinski definition) is 4. The maximum Gasteiger partial charge on any atom is 0.261 e. The summed E-state index contributed by atoms with van der Waals surface area (Å²) in [4.78, 5) is 31.7. The molecular weight excluding hydrogens is 511 g/mol. The smallest absolute Gasteiger partial charge is 0.261 e. The molecule has 0 aliphatic carbocycles. The highest BCUT2D eigenvalue weighted by Crippen LogP contribution is 2.22. The largest absolute Gasteiger partial charge is 0.356 e.